The van der Waals surface area contributed by atoms with Crippen LogP contribution >= 0.6 is 0 Å². The Balaban J connectivity index is 1.61. The smallest absolute Gasteiger partial charge is 0.261 e. The van der Waals surface area contributed by atoms with E-state index in [1.54, 1.807) is 11.6 Å². The first kappa shape index (κ1) is 16.8. The van der Waals surface area contributed by atoms with Gasteiger partial charge in [-0.05, 0) is 31.5 Å². The average Bonchev–Trinajstić information content (AvgIpc) is 3.02. The first-order valence-electron chi connectivity index (χ1n) is 8.23. The van der Waals surface area contributed by atoms with Crippen LogP contribution in [0, 0.1) is 6.92 Å². The van der Waals surface area contributed by atoms with Crippen molar-refractivity contribution in [3.8, 4) is 11.6 Å². The minimum absolute atomic E-state index is 0.169. The van der Waals surface area contributed by atoms with Crippen molar-refractivity contribution in [1.29, 1.82) is 0 Å². The van der Waals surface area contributed by atoms with Gasteiger partial charge in [-0.2, -0.15) is 0 Å². The van der Waals surface area contributed by atoms with Crippen LogP contribution in [0.4, 0.5) is 0 Å². The highest BCUT2D eigenvalue weighted by atomic mass is 16.5. The molecule has 1 atom stereocenters. The zero-order valence-electron chi connectivity index (χ0n) is 14.3. The maximum atomic E-state index is 12.2. The van der Waals surface area contributed by atoms with Crippen LogP contribution in [0.15, 0.2) is 66.9 Å². The molecule has 0 saturated carbocycles. The number of rotatable bonds is 6. The van der Waals surface area contributed by atoms with E-state index in [2.05, 4.69) is 10.4 Å². The normalized spacial score (nSPS) is 11.8. The van der Waals surface area contributed by atoms with E-state index >= 15 is 0 Å². The summed E-state index contributed by atoms with van der Waals surface area (Å²) in [7, 11) is 0. The van der Waals surface area contributed by atoms with Gasteiger partial charge in [0, 0.05) is 18.3 Å². The second-order valence-corrected chi connectivity index (χ2v) is 5.86. The van der Waals surface area contributed by atoms with E-state index in [0.29, 0.717) is 12.4 Å². The molecule has 0 aliphatic heterocycles. The zero-order chi connectivity index (χ0) is 17.6. The third kappa shape index (κ3) is 4.26. The van der Waals surface area contributed by atoms with Crippen molar-refractivity contribution >= 4 is 5.91 Å². The summed E-state index contributed by atoms with van der Waals surface area (Å²) in [5, 5.41) is 7.31. The molecule has 128 valence electrons. The summed E-state index contributed by atoms with van der Waals surface area (Å²) in [6.07, 6.45) is 1.26. The van der Waals surface area contributed by atoms with E-state index < -0.39 is 6.10 Å². The molecule has 1 amide bonds. The summed E-state index contributed by atoms with van der Waals surface area (Å²) in [6, 6.07) is 19.6. The number of carbonyl (C=O) groups excluding carboxylic acids is 1. The van der Waals surface area contributed by atoms with Gasteiger partial charge in [-0.3, -0.25) is 4.79 Å². The molecule has 0 radical (unpaired) electrons. The van der Waals surface area contributed by atoms with E-state index in [0.717, 1.165) is 16.8 Å². The van der Waals surface area contributed by atoms with Crippen LogP contribution in [-0.4, -0.2) is 21.8 Å². The van der Waals surface area contributed by atoms with Crippen LogP contribution < -0.4 is 10.1 Å². The molecular weight excluding hydrogens is 314 g/mol. The quantitative estimate of drug-likeness (QED) is 0.752. The highest BCUT2D eigenvalue weighted by molar-refractivity contribution is 5.80. The summed E-state index contributed by atoms with van der Waals surface area (Å²) in [5.41, 5.74) is 2.88. The summed E-state index contributed by atoms with van der Waals surface area (Å²) < 4.78 is 7.50. The number of amides is 1. The van der Waals surface area contributed by atoms with Gasteiger partial charge < -0.3 is 10.1 Å². The molecule has 0 fully saturated rings. The molecule has 0 saturated heterocycles. The Morgan fingerprint density at radius 3 is 2.44 bits per heavy atom. The SMILES string of the molecule is Cc1cn(-c2ccccc2)nc1O[C@H](C)C(=O)NCc1ccccc1. The molecule has 0 aliphatic rings. The number of nitrogens with zero attached hydrogens (tertiary/aromatic N) is 2. The lowest BCUT2D eigenvalue weighted by molar-refractivity contribution is -0.127. The Bertz CT molecular complexity index is 829. The topological polar surface area (TPSA) is 56.2 Å². The fraction of sp³-hybridized carbons (Fsp3) is 0.200. The van der Waals surface area contributed by atoms with Crippen LogP contribution in [0.25, 0.3) is 5.69 Å². The van der Waals surface area contributed by atoms with Gasteiger partial charge in [-0.1, -0.05) is 48.5 Å². The third-order valence-corrected chi connectivity index (χ3v) is 3.84. The molecule has 1 aromatic heterocycles. The molecule has 3 rings (SSSR count). The molecule has 5 heteroatoms. The van der Waals surface area contributed by atoms with Gasteiger partial charge in [-0.25, -0.2) is 4.68 Å². The lowest BCUT2D eigenvalue weighted by atomic mass is 10.2. The largest absolute Gasteiger partial charge is 0.463 e. The second kappa shape index (κ2) is 7.66. The van der Waals surface area contributed by atoms with E-state index in [1.165, 1.54) is 0 Å². The maximum absolute atomic E-state index is 12.2. The number of nitrogens with one attached hydrogen (secondary N) is 1. The molecule has 0 aliphatic carbocycles. The highest BCUT2D eigenvalue weighted by Crippen LogP contribution is 2.19. The Hall–Kier alpha value is -3.08. The Kier molecular flexibility index (Phi) is 5.14. The van der Waals surface area contributed by atoms with Crippen LogP contribution in [0.3, 0.4) is 0 Å². The van der Waals surface area contributed by atoms with Gasteiger partial charge in [0.05, 0.1) is 5.69 Å². The molecule has 25 heavy (non-hydrogen) atoms. The monoisotopic (exact) mass is 335 g/mol. The van der Waals surface area contributed by atoms with Crippen LogP contribution in [0.5, 0.6) is 5.88 Å². The minimum atomic E-state index is -0.624. The van der Waals surface area contributed by atoms with E-state index in [-0.39, 0.29) is 5.91 Å². The molecular formula is C20H21N3O2. The van der Waals surface area contributed by atoms with Crippen LogP contribution in [0.1, 0.15) is 18.1 Å². The number of para-hydroxylation sites is 1. The molecule has 3 aromatic rings. The Labute approximate surface area is 147 Å². The first-order valence-corrected chi connectivity index (χ1v) is 8.23. The Morgan fingerprint density at radius 1 is 1.12 bits per heavy atom. The minimum Gasteiger partial charge on any atom is -0.463 e. The van der Waals surface area contributed by atoms with E-state index in [1.807, 2.05) is 73.8 Å². The summed E-state index contributed by atoms with van der Waals surface area (Å²) in [4.78, 5) is 12.2. The first-order chi connectivity index (χ1) is 12.1. The Morgan fingerprint density at radius 2 is 1.76 bits per heavy atom. The summed E-state index contributed by atoms with van der Waals surface area (Å²) >= 11 is 0. The molecule has 0 unspecified atom stereocenters. The van der Waals surface area contributed by atoms with Crippen LogP contribution in [0.2, 0.25) is 0 Å². The zero-order valence-corrected chi connectivity index (χ0v) is 14.3. The van der Waals surface area contributed by atoms with Crippen LogP contribution in [-0.2, 0) is 11.3 Å². The number of aryl methyl sites for hydroxylation is 1. The van der Waals surface area contributed by atoms with Crippen molar-refractivity contribution in [2.75, 3.05) is 0 Å². The highest BCUT2D eigenvalue weighted by Gasteiger charge is 2.17. The molecule has 0 bridgehead atoms. The summed E-state index contributed by atoms with van der Waals surface area (Å²) in [5.74, 6) is 0.295. The van der Waals surface area contributed by atoms with E-state index in [9.17, 15) is 4.79 Å². The average molecular weight is 335 g/mol. The standard InChI is InChI=1S/C20H21N3O2/c1-15-14-23(18-11-7-4-8-12-18)22-20(15)25-16(2)19(24)21-13-17-9-5-3-6-10-17/h3-12,14,16H,13H2,1-2H3,(H,21,24)/t16-/m1/s1. The fourth-order valence-electron chi connectivity index (χ4n) is 2.42. The maximum Gasteiger partial charge on any atom is 0.261 e. The van der Waals surface area contributed by atoms with Crippen molar-refractivity contribution in [3.63, 3.8) is 0 Å². The molecule has 1 N–H and O–H groups in total. The van der Waals surface area contributed by atoms with Crippen molar-refractivity contribution in [2.24, 2.45) is 0 Å². The lowest BCUT2D eigenvalue weighted by Crippen LogP contribution is -2.36. The van der Waals surface area contributed by atoms with Crippen molar-refractivity contribution in [2.45, 2.75) is 26.5 Å². The van der Waals surface area contributed by atoms with Gasteiger partial charge in [0.2, 0.25) is 5.88 Å². The van der Waals surface area contributed by atoms with E-state index in [4.69, 9.17) is 4.74 Å². The van der Waals surface area contributed by atoms with Crippen molar-refractivity contribution in [1.82, 2.24) is 15.1 Å². The molecule has 2 aromatic carbocycles. The van der Waals surface area contributed by atoms with Gasteiger partial charge in [-0.15, -0.1) is 5.10 Å². The number of aromatic nitrogens is 2. The second-order valence-electron chi connectivity index (χ2n) is 5.86. The number of hydrogen-bond acceptors (Lipinski definition) is 3. The van der Waals surface area contributed by atoms with Gasteiger partial charge in [0.15, 0.2) is 6.10 Å². The van der Waals surface area contributed by atoms with Crippen molar-refractivity contribution in [3.05, 3.63) is 78.0 Å². The van der Waals surface area contributed by atoms with Crippen molar-refractivity contribution < 1.29 is 9.53 Å². The van der Waals surface area contributed by atoms with Gasteiger partial charge in [0.1, 0.15) is 0 Å². The fourth-order valence-corrected chi connectivity index (χ4v) is 2.42. The predicted molar refractivity (Wildman–Crippen MR) is 96.7 cm³/mol. The number of ether oxygens (including phenoxy) is 1. The molecule has 5 nitrogen and oxygen atoms in total. The van der Waals surface area contributed by atoms with Gasteiger partial charge >= 0.3 is 0 Å². The van der Waals surface area contributed by atoms with Gasteiger partial charge in [0.25, 0.3) is 5.91 Å². The summed E-state index contributed by atoms with van der Waals surface area (Å²) in [6.45, 7) is 4.11. The molecule has 1 heterocycles. The number of hydrogen-bond donors (Lipinski definition) is 1. The predicted octanol–water partition coefficient (Wildman–Crippen LogP) is 3.26. The third-order valence-electron chi connectivity index (χ3n) is 3.84. The lowest BCUT2D eigenvalue weighted by Gasteiger charge is -2.13. The number of benzene rings is 2. The number of carbonyl (C=O) groups is 1. The molecule has 0 spiro atoms.